The number of ether oxygens (including phenoxy) is 2. The zero-order chi connectivity index (χ0) is 18.9. The Morgan fingerprint density at radius 2 is 1.62 bits per heavy atom. The maximum absolute atomic E-state index is 13.0. The van der Waals surface area contributed by atoms with Gasteiger partial charge in [0.15, 0.2) is 0 Å². The number of carbonyl (C=O) groups excluding carboxylic acids is 1. The molecule has 2 aromatic carbocycles. The van der Waals surface area contributed by atoms with Gasteiger partial charge in [0.2, 0.25) is 0 Å². The number of hydrogen-bond donors (Lipinski definition) is 1. The van der Waals surface area contributed by atoms with Gasteiger partial charge in [-0.25, -0.2) is 0 Å². The zero-order valence-electron chi connectivity index (χ0n) is 15.0. The highest BCUT2D eigenvalue weighted by atomic mass is 16.5. The van der Waals surface area contributed by atoms with Crippen molar-refractivity contribution in [2.75, 3.05) is 20.8 Å². The summed E-state index contributed by atoms with van der Waals surface area (Å²) in [5.74, 6) is -0.0209. The molecule has 0 aromatic heterocycles. The highest BCUT2D eigenvalue weighted by Crippen LogP contribution is 2.24. The molecule has 1 N–H and O–H groups in total. The van der Waals surface area contributed by atoms with Crippen molar-refractivity contribution in [2.45, 2.75) is 19.4 Å². The minimum Gasteiger partial charge on any atom is -0.497 e. The molecular weight excluding hydrogens is 334 g/mol. The Morgan fingerprint density at radius 3 is 2.15 bits per heavy atom. The molecule has 26 heavy (non-hydrogen) atoms. The van der Waals surface area contributed by atoms with Crippen LogP contribution in [0.1, 0.15) is 28.8 Å². The normalized spacial score (nSPS) is 10.2. The van der Waals surface area contributed by atoms with E-state index in [9.17, 15) is 9.59 Å². The Labute approximate surface area is 153 Å². The third kappa shape index (κ3) is 5.51. The molecule has 6 heteroatoms. The topological polar surface area (TPSA) is 76.1 Å². The highest BCUT2D eigenvalue weighted by Gasteiger charge is 2.18. The lowest BCUT2D eigenvalue weighted by Crippen LogP contribution is -2.32. The van der Waals surface area contributed by atoms with Crippen molar-refractivity contribution in [1.82, 2.24) is 4.90 Å². The first-order chi connectivity index (χ1) is 12.5. The van der Waals surface area contributed by atoms with Crippen LogP contribution >= 0.6 is 0 Å². The van der Waals surface area contributed by atoms with Gasteiger partial charge in [-0.1, -0.05) is 30.3 Å². The predicted molar refractivity (Wildman–Crippen MR) is 97.6 cm³/mol. The van der Waals surface area contributed by atoms with Crippen LogP contribution in [0.4, 0.5) is 0 Å². The summed E-state index contributed by atoms with van der Waals surface area (Å²) < 4.78 is 10.5. The first-order valence-electron chi connectivity index (χ1n) is 8.31. The van der Waals surface area contributed by atoms with Crippen LogP contribution in [-0.4, -0.2) is 42.6 Å². The average molecular weight is 357 g/mol. The molecule has 2 aromatic rings. The van der Waals surface area contributed by atoms with Gasteiger partial charge in [-0.3, -0.25) is 9.59 Å². The molecule has 2 rings (SSSR count). The molecule has 0 fully saturated rings. The lowest BCUT2D eigenvalue weighted by molar-refractivity contribution is -0.137. The van der Waals surface area contributed by atoms with Crippen LogP contribution < -0.4 is 9.47 Å². The van der Waals surface area contributed by atoms with Crippen LogP contribution in [0, 0.1) is 0 Å². The van der Waals surface area contributed by atoms with Gasteiger partial charge in [-0.2, -0.15) is 0 Å². The van der Waals surface area contributed by atoms with E-state index < -0.39 is 5.97 Å². The fraction of sp³-hybridized carbons (Fsp3) is 0.300. The molecule has 0 spiro atoms. The molecule has 1 amide bonds. The fourth-order valence-electron chi connectivity index (χ4n) is 2.59. The van der Waals surface area contributed by atoms with Gasteiger partial charge >= 0.3 is 5.97 Å². The van der Waals surface area contributed by atoms with E-state index in [1.165, 1.54) is 14.2 Å². The maximum Gasteiger partial charge on any atom is 0.303 e. The van der Waals surface area contributed by atoms with Gasteiger partial charge in [0, 0.05) is 31.1 Å². The van der Waals surface area contributed by atoms with Gasteiger partial charge in [-0.15, -0.1) is 0 Å². The fourth-order valence-corrected chi connectivity index (χ4v) is 2.59. The summed E-state index contributed by atoms with van der Waals surface area (Å²) in [6.45, 7) is 0.748. The van der Waals surface area contributed by atoms with Crippen molar-refractivity contribution in [3.05, 3.63) is 59.7 Å². The molecule has 0 bridgehead atoms. The third-order valence-corrected chi connectivity index (χ3v) is 3.92. The van der Waals surface area contributed by atoms with Gasteiger partial charge in [0.05, 0.1) is 14.2 Å². The molecule has 0 aliphatic rings. The molecule has 6 nitrogen and oxygen atoms in total. The van der Waals surface area contributed by atoms with Crippen molar-refractivity contribution in [1.29, 1.82) is 0 Å². The maximum atomic E-state index is 13.0. The number of carbonyl (C=O) groups is 2. The van der Waals surface area contributed by atoms with E-state index in [1.807, 2.05) is 30.3 Å². The van der Waals surface area contributed by atoms with Crippen molar-refractivity contribution in [3.63, 3.8) is 0 Å². The van der Waals surface area contributed by atoms with Gasteiger partial charge in [0.1, 0.15) is 11.5 Å². The molecule has 0 atom stereocenters. The molecule has 0 radical (unpaired) electrons. The van der Waals surface area contributed by atoms with Crippen LogP contribution in [-0.2, 0) is 11.3 Å². The van der Waals surface area contributed by atoms with E-state index >= 15 is 0 Å². The first kappa shape index (κ1) is 19.3. The van der Waals surface area contributed by atoms with E-state index in [0.29, 0.717) is 36.6 Å². The van der Waals surface area contributed by atoms with Crippen LogP contribution in [0.5, 0.6) is 11.5 Å². The van der Waals surface area contributed by atoms with Crippen molar-refractivity contribution >= 4 is 11.9 Å². The van der Waals surface area contributed by atoms with Crippen LogP contribution in [0.15, 0.2) is 48.5 Å². The van der Waals surface area contributed by atoms with Gasteiger partial charge in [-0.05, 0) is 24.1 Å². The molecule has 0 saturated heterocycles. The molecule has 0 saturated carbocycles. The number of carboxylic acid groups (broad SMARTS) is 1. The number of aliphatic carboxylic acids is 1. The highest BCUT2D eigenvalue weighted by molar-refractivity contribution is 5.95. The smallest absolute Gasteiger partial charge is 0.303 e. The summed E-state index contributed by atoms with van der Waals surface area (Å²) in [7, 11) is 3.05. The van der Waals surface area contributed by atoms with E-state index in [2.05, 4.69) is 0 Å². The Bertz CT molecular complexity index is 723. The van der Waals surface area contributed by atoms with Gasteiger partial charge < -0.3 is 19.5 Å². The summed E-state index contributed by atoms with van der Waals surface area (Å²) in [6, 6.07) is 14.6. The summed E-state index contributed by atoms with van der Waals surface area (Å²) in [5, 5.41) is 8.87. The van der Waals surface area contributed by atoms with E-state index in [4.69, 9.17) is 14.6 Å². The largest absolute Gasteiger partial charge is 0.497 e. The second-order valence-corrected chi connectivity index (χ2v) is 5.81. The number of nitrogens with zero attached hydrogens (tertiary/aromatic N) is 1. The molecule has 0 aliphatic carbocycles. The van der Waals surface area contributed by atoms with E-state index in [0.717, 1.165) is 5.56 Å². The second kappa shape index (κ2) is 9.46. The second-order valence-electron chi connectivity index (χ2n) is 5.81. The van der Waals surface area contributed by atoms with Crippen LogP contribution in [0.3, 0.4) is 0 Å². The standard InChI is InChI=1S/C20H23NO5/c1-25-17-11-16(12-18(13-17)26-2)20(24)21(10-6-9-19(22)23)14-15-7-4-3-5-8-15/h3-5,7-8,11-13H,6,9-10,14H2,1-2H3,(H,22,23). The summed E-state index contributed by atoms with van der Waals surface area (Å²) in [4.78, 5) is 25.5. The van der Waals surface area contributed by atoms with Crippen LogP contribution in [0.2, 0.25) is 0 Å². The summed E-state index contributed by atoms with van der Waals surface area (Å²) in [5.41, 5.74) is 1.42. The number of carboxylic acids is 1. The lowest BCUT2D eigenvalue weighted by atomic mass is 10.1. The summed E-state index contributed by atoms with van der Waals surface area (Å²) >= 11 is 0. The Hall–Kier alpha value is -3.02. The molecule has 138 valence electrons. The first-order valence-corrected chi connectivity index (χ1v) is 8.31. The van der Waals surface area contributed by atoms with Crippen molar-refractivity contribution < 1.29 is 24.2 Å². The molecule has 0 aliphatic heterocycles. The van der Waals surface area contributed by atoms with Crippen LogP contribution in [0.25, 0.3) is 0 Å². The van der Waals surface area contributed by atoms with Crippen molar-refractivity contribution in [2.24, 2.45) is 0 Å². The molecular formula is C20H23NO5. The number of rotatable bonds is 9. The predicted octanol–water partition coefficient (Wildman–Crippen LogP) is 3.21. The van der Waals surface area contributed by atoms with E-state index in [1.54, 1.807) is 23.1 Å². The van der Waals surface area contributed by atoms with Crippen molar-refractivity contribution in [3.8, 4) is 11.5 Å². The number of amides is 1. The molecule has 0 unspecified atom stereocenters. The minimum atomic E-state index is -0.875. The molecule has 0 heterocycles. The Kier molecular flexibility index (Phi) is 7.02. The lowest BCUT2D eigenvalue weighted by Gasteiger charge is -2.23. The quantitative estimate of drug-likeness (QED) is 0.746. The summed E-state index contributed by atoms with van der Waals surface area (Å²) in [6.07, 6.45) is 0.398. The number of benzene rings is 2. The van der Waals surface area contributed by atoms with E-state index in [-0.39, 0.29) is 12.3 Å². The average Bonchev–Trinajstić information content (AvgIpc) is 2.66. The Morgan fingerprint density at radius 1 is 1.00 bits per heavy atom. The number of hydrogen-bond acceptors (Lipinski definition) is 4. The van der Waals surface area contributed by atoms with Gasteiger partial charge in [0.25, 0.3) is 5.91 Å². The SMILES string of the molecule is COc1cc(OC)cc(C(=O)N(CCCC(=O)O)Cc2ccccc2)c1. The Balaban J connectivity index is 2.24. The number of methoxy groups -OCH3 is 2. The minimum absolute atomic E-state index is 0.0139. The zero-order valence-corrected chi connectivity index (χ0v) is 15.0. The third-order valence-electron chi connectivity index (χ3n) is 3.92. The monoisotopic (exact) mass is 357 g/mol.